The summed E-state index contributed by atoms with van der Waals surface area (Å²) in [6.45, 7) is 2.26. The summed E-state index contributed by atoms with van der Waals surface area (Å²) in [4.78, 5) is 11.5. The molecule has 104 valence electrons. The molecule has 1 heterocycles. The summed E-state index contributed by atoms with van der Waals surface area (Å²) in [6, 6.07) is 5.10. The van der Waals surface area contributed by atoms with Gasteiger partial charge in [-0.3, -0.25) is 4.79 Å². The summed E-state index contributed by atoms with van der Waals surface area (Å²) in [5, 5.41) is 2.56. The number of nitrogen functional groups attached to an aromatic ring is 1. The van der Waals surface area contributed by atoms with Crippen LogP contribution < -0.4 is 15.8 Å². The molecule has 5 nitrogen and oxygen atoms in total. The van der Waals surface area contributed by atoms with Gasteiger partial charge >= 0.3 is 0 Å². The zero-order chi connectivity index (χ0) is 13.7. The molecule has 0 unspecified atom stereocenters. The Morgan fingerprint density at radius 3 is 2.84 bits per heavy atom. The summed E-state index contributed by atoms with van der Waals surface area (Å²) >= 11 is 0. The van der Waals surface area contributed by atoms with E-state index in [0.29, 0.717) is 29.5 Å². The van der Waals surface area contributed by atoms with E-state index in [0.717, 1.165) is 26.1 Å². The van der Waals surface area contributed by atoms with Gasteiger partial charge in [0.05, 0.1) is 12.3 Å². The molecule has 1 saturated heterocycles. The number of rotatable bonds is 4. The van der Waals surface area contributed by atoms with E-state index in [2.05, 4.69) is 5.32 Å². The Labute approximate surface area is 113 Å². The highest BCUT2D eigenvalue weighted by Crippen LogP contribution is 2.24. The topological polar surface area (TPSA) is 73.6 Å². The van der Waals surface area contributed by atoms with Gasteiger partial charge in [-0.2, -0.15) is 0 Å². The van der Waals surface area contributed by atoms with Gasteiger partial charge in [-0.25, -0.2) is 0 Å². The number of ether oxygens (including phenoxy) is 2. The van der Waals surface area contributed by atoms with Gasteiger partial charge in [0, 0.05) is 25.8 Å². The van der Waals surface area contributed by atoms with Crippen LogP contribution in [0.4, 0.5) is 5.69 Å². The van der Waals surface area contributed by atoms with Crippen molar-refractivity contribution in [1.29, 1.82) is 0 Å². The molecule has 1 fully saturated rings. The lowest BCUT2D eigenvalue weighted by molar-refractivity contribution is 0.0499. The zero-order valence-electron chi connectivity index (χ0n) is 11.1. The molecule has 1 aromatic rings. The monoisotopic (exact) mass is 264 g/mol. The standard InChI is InChI=1S/C14H20N2O3/c1-16-14(17)11-2-3-13(12(15)8-11)19-9-10-4-6-18-7-5-10/h2-3,8,10H,4-7,9,15H2,1H3,(H,16,17). The molecule has 19 heavy (non-hydrogen) atoms. The summed E-state index contributed by atoms with van der Waals surface area (Å²) in [5.41, 5.74) is 6.93. The Bertz CT molecular complexity index is 442. The van der Waals surface area contributed by atoms with E-state index in [9.17, 15) is 4.79 Å². The quantitative estimate of drug-likeness (QED) is 0.807. The van der Waals surface area contributed by atoms with Crippen molar-refractivity contribution in [3.63, 3.8) is 0 Å². The minimum atomic E-state index is -0.150. The normalized spacial score (nSPS) is 16.1. The summed E-state index contributed by atoms with van der Waals surface area (Å²) in [5.74, 6) is 1.01. The SMILES string of the molecule is CNC(=O)c1ccc(OCC2CCOCC2)c(N)c1. The number of benzene rings is 1. The molecule has 0 spiro atoms. The Balaban J connectivity index is 1.95. The molecular formula is C14H20N2O3. The van der Waals surface area contributed by atoms with Crippen molar-refractivity contribution < 1.29 is 14.3 Å². The Morgan fingerprint density at radius 1 is 1.47 bits per heavy atom. The second-order valence-electron chi connectivity index (χ2n) is 4.70. The number of nitrogens with one attached hydrogen (secondary N) is 1. The fraction of sp³-hybridized carbons (Fsp3) is 0.500. The number of amides is 1. The first-order valence-corrected chi connectivity index (χ1v) is 6.53. The van der Waals surface area contributed by atoms with Gasteiger partial charge in [-0.15, -0.1) is 0 Å². The average molecular weight is 264 g/mol. The second-order valence-corrected chi connectivity index (χ2v) is 4.70. The smallest absolute Gasteiger partial charge is 0.251 e. The average Bonchev–Trinajstić information content (AvgIpc) is 2.46. The highest BCUT2D eigenvalue weighted by molar-refractivity contribution is 5.95. The van der Waals surface area contributed by atoms with Crippen molar-refractivity contribution >= 4 is 11.6 Å². The van der Waals surface area contributed by atoms with Crippen LogP contribution in [0, 0.1) is 5.92 Å². The molecule has 1 aliphatic rings. The van der Waals surface area contributed by atoms with Crippen LogP contribution in [0.5, 0.6) is 5.75 Å². The molecule has 1 aromatic carbocycles. The van der Waals surface area contributed by atoms with Crippen molar-refractivity contribution in [2.75, 3.05) is 32.6 Å². The van der Waals surface area contributed by atoms with E-state index in [-0.39, 0.29) is 5.91 Å². The van der Waals surface area contributed by atoms with Gasteiger partial charge in [-0.1, -0.05) is 0 Å². The molecule has 0 aromatic heterocycles. The largest absolute Gasteiger partial charge is 0.491 e. The Hall–Kier alpha value is -1.75. The lowest BCUT2D eigenvalue weighted by Gasteiger charge is -2.22. The van der Waals surface area contributed by atoms with Crippen molar-refractivity contribution in [1.82, 2.24) is 5.32 Å². The predicted octanol–water partition coefficient (Wildman–Crippen LogP) is 1.43. The van der Waals surface area contributed by atoms with Crippen LogP contribution in [-0.2, 0) is 4.74 Å². The molecule has 1 amide bonds. The van der Waals surface area contributed by atoms with Gasteiger partial charge in [-0.05, 0) is 37.0 Å². The molecular weight excluding hydrogens is 244 g/mol. The molecule has 1 aliphatic heterocycles. The third-order valence-electron chi connectivity index (χ3n) is 3.31. The fourth-order valence-electron chi connectivity index (χ4n) is 2.09. The third kappa shape index (κ3) is 3.61. The Kier molecular flexibility index (Phi) is 4.63. The van der Waals surface area contributed by atoms with Crippen molar-refractivity contribution in [2.45, 2.75) is 12.8 Å². The van der Waals surface area contributed by atoms with Crippen molar-refractivity contribution in [3.05, 3.63) is 23.8 Å². The number of hydrogen-bond donors (Lipinski definition) is 2. The van der Waals surface area contributed by atoms with E-state index >= 15 is 0 Å². The highest BCUT2D eigenvalue weighted by Gasteiger charge is 2.15. The zero-order valence-corrected chi connectivity index (χ0v) is 11.1. The summed E-state index contributed by atoms with van der Waals surface area (Å²) in [6.07, 6.45) is 2.05. The van der Waals surface area contributed by atoms with Crippen molar-refractivity contribution in [2.24, 2.45) is 5.92 Å². The highest BCUT2D eigenvalue weighted by atomic mass is 16.5. The van der Waals surface area contributed by atoms with Crippen LogP contribution in [0.1, 0.15) is 23.2 Å². The minimum absolute atomic E-state index is 0.150. The number of nitrogens with two attached hydrogens (primary N) is 1. The van der Waals surface area contributed by atoms with Gasteiger partial charge in [0.15, 0.2) is 0 Å². The number of carbonyl (C=O) groups is 1. The van der Waals surface area contributed by atoms with E-state index in [1.807, 2.05) is 0 Å². The van der Waals surface area contributed by atoms with Gasteiger partial charge in [0.2, 0.25) is 0 Å². The van der Waals surface area contributed by atoms with Gasteiger partial charge in [0.1, 0.15) is 5.75 Å². The molecule has 0 bridgehead atoms. The van der Waals surface area contributed by atoms with Gasteiger partial charge < -0.3 is 20.5 Å². The van der Waals surface area contributed by atoms with E-state index in [1.54, 1.807) is 25.2 Å². The maximum absolute atomic E-state index is 11.5. The molecule has 5 heteroatoms. The maximum Gasteiger partial charge on any atom is 0.251 e. The summed E-state index contributed by atoms with van der Waals surface area (Å²) < 4.78 is 11.0. The molecule has 0 radical (unpaired) electrons. The van der Waals surface area contributed by atoms with E-state index < -0.39 is 0 Å². The lowest BCUT2D eigenvalue weighted by Crippen LogP contribution is -2.22. The van der Waals surface area contributed by atoms with E-state index in [4.69, 9.17) is 15.2 Å². The fourth-order valence-corrected chi connectivity index (χ4v) is 2.09. The number of anilines is 1. The van der Waals surface area contributed by atoms with Crippen LogP contribution in [0.2, 0.25) is 0 Å². The molecule has 3 N–H and O–H groups in total. The maximum atomic E-state index is 11.5. The van der Waals surface area contributed by atoms with Gasteiger partial charge in [0.25, 0.3) is 5.91 Å². The van der Waals surface area contributed by atoms with Crippen LogP contribution in [0.15, 0.2) is 18.2 Å². The summed E-state index contributed by atoms with van der Waals surface area (Å²) in [7, 11) is 1.59. The molecule has 0 atom stereocenters. The molecule has 2 rings (SSSR count). The first-order chi connectivity index (χ1) is 9.20. The first kappa shape index (κ1) is 13.7. The Morgan fingerprint density at radius 2 is 2.21 bits per heavy atom. The molecule has 0 aliphatic carbocycles. The van der Waals surface area contributed by atoms with E-state index in [1.165, 1.54) is 0 Å². The minimum Gasteiger partial charge on any atom is -0.491 e. The molecule has 0 saturated carbocycles. The predicted molar refractivity (Wildman–Crippen MR) is 73.3 cm³/mol. The number of carbonyl (C=O) groups excluding carboxylic acids is 1. The van der Waals surface area contributed by atoms with Crippen LogP contribution >= 0.6 is 0 Å². The first-order valence-electron chi connectivity index (χ1n) is 6.53. The van der Waals surface area contributed by atoms with Crippen molar-refractivity contribution in [3.8, 4) is 5.75 Å². The lowest BCUT2D eigenvalue weighted by atomic mass is 10.0. The second kappa shape index (κ2) is 6.43. The third-order valence-corrected chi connectivity index (χ3v) is 3.31. The van der Waals surface area contributed by atoms with Crippen LogP contribution in [-0.4, -0.2) is 32.8 Å². The van der Waals surface area contributed by atoms with Crippen LogP contribution in [0.25, 0.3) is 0 Å². The number of hydrogen-bond acceptors (Lipinski definition) is 4. The van der Waals surface area contributed by atoms with Crippen LogP contribution in [0.3, 0.4) is 0 Å².